The first-order chi connectivity index (χ1) is 7.97. The summed E-state index contributed by atoms with van der Waals surface area (Å²) in [6.45, 7) is 8.73. The van der Waals surface area contributed by atoms with Gasteiger partial charge in [-0.2, -0.15) is 11.8 Å². The SMILES string of the molecule is CCCSCc1nc(NC)cc(C(C)(C)C)n1. The predicted octanol–water partition coefficient (Wildman–Crippen LogP) is 3.46. The van der Waals surface area contributed by atoms with Crippen molar-refractivity contribution in [3.8, 4) is 0 Å². The van der Waals surface area contributed by atoms with Gasteiger partial charge in [0.05, 0.1) is 11.4 Å². The Morgan fingerprint density at radius 1 is 1.29 bits per heavy atom. The largest absolute Gasteiger partial charge is 0.373 e. The molecule has 3 nitrogen and oxygen atoms in total. The average Bonchev–Trinajstić information content (AvgIpc) is 2.28. The molecule has 4 heteroatoms. The second-order valence-corrected chi connectivity index (χ2v) is 6.21. The summed E-state index contributed by atoms with van der Waals surface area (Å²) in [4.78, 5) is 9.15. The maximum Gasteiger partial charge on any atom is 0.140 e. The van der Waals surface area contributed by atoms with E-state index in [0.717, 1.165) is 28.8 Å². The van der Waals surface area contributed by atoms with E-state index in [1.54, 1.807) is 0 Å². The Balaban J connectivity index is 2.89. The molecular weight excluding hydrogens is 230 g/mol. The van der Waals surface area contributed by atoms with Crippen molar-refractivity contribution < 1.29 is 0 Å². The zero-order valence-corrected chi connectivity index (χ0v) is 12.3. The first-order valence-corrected chi connectivity index (χ1v) is 7.26. The molecule has 0 fully saturated rings. The highest BCUT2D eigenvalue weighted by Crippen LogP contribution is 2.23. The molecule has 0 saturated carbocycles. The number of aromatic nitrogens is 2. The van der Waals surface area contributed by atoms with E-state index in [-0.39, 0.29) is 5.41 Å². The molecule has 0 aromatic carbocycles. The van der Waals surface area contributed by atoms with Crippen LogP contribution in [-0.2, 0) is 11.2 Å². The van der Waals surface area contributed by atoms with E-state index < -0.39 is 0 Å². The van der Waals surface area contributed by atoms with Crippen LogP contribution in [0.1, 0.15) is 45.6 Å². The fourth-order valence-corrected chi connectivity index (χ4v) is 2.13. The topological polar surface area (TPSA) is 37.8 Å². The van der Waals surface area contributed by atoms with Gasteiger partial charge in [-0.25, -0.2) is 9.97 Å². The van der Waals surface area contributed by atoms with Crippen molar-refractivity contribution in [1.29, 1.82) is 0 Å². The standard InChI is InChI=1S/C13H23N3S/c1-6-7-17-9-12-15-10(13(2,3)4)8-11(14-5)16-12/h8H,6-7,9H2,1-5H3,(H,14,15,16). The highest BCUT2D eigenvalue weighted by molar-refractivity contribution is 7.98. The summed E-state index contributed by atoms with van der Waals surface area (Å²) in [7, 11) is 1.90. The van der Waals surface area contributed by atoms with Crippen molar-refractivity contribution in [3.63, 3.8) is 0 Å². The van der Waals surface area contributed by atoms with E-state index in [1.807, 2.05) is 24.9 Å². The Hall–Kier alpha value is -0.770. The van der Waals surface area contributed by atoms with Crippen LogP contribution >= 0.6 is 11.8 Å². The van der Waals surface area contributed by atoms with Gasteiger partial charge in [-0.1, -0.05) is 27.7 Å². The van der Waals surface area contributed by atoms with Gasteiger partial charge in [-0.3, -0.25) is 0 Å². The summed E-state index contributed by atoms with van der Waals surface area (Å²) >= 11 is 1.89. The molecule has 1 rings (SSSR count). The summed E-state index contributed by atoms with van der Waals surface area (Å²) < 4.78 is 0. The minimum atomic E-state index is 0.0682. The van der Waals surface area contributed by atoms with Crippen molar-refractivity contribution in [3.05, 3.63) is 17.6 Å². The smallest absolute Gasteiger partial charge is 0.140 e. The molecule has 0 aliphatic rings. The van der Waals surface area contributed by atoms with Gasteiger partial charge in [-0.15, -0.1) is 0 Å². The lowest BCUT2D eigenvalue weighted by Gasteiger charge is -2.19. The summed E-state index contributed by atoms with van der Waals surface area (Å²) in [6, 6.07) is 2.04. The Morgan fingerprint density at radius 2 is 2.00 bits per heavy atom. The molecule has 0 aliphatic carbocycles. The molecule has 17 heavy (non-hydrogen) atoms. The lowest BCUT2D eigenvalue weighted by molar-refractivity contribution is 0.564. The Bertz CT molecular complexity index is 358. The zero-order chi connectivity index (χ0) is 12.9. The van der Waals surface area contributed by atoms with Crippen molar-refractivity contribution in [1.82, 2.24) is 9.97 Å². The fraction of sp³-hybridized carbons (Fsp3) is 0.692. The van der Waals surface area contributed by atoms with Crippen molar-refractivity contribution in [2.75, 3.05) is 18.1 Å². The molecule has 0 saturated heterocycles. The average molecular weight is 253 g/mol. The number of thioether (sulfide) groups is 1. The molecule has 1 aromatic rings. The monoisotopic (exact) mass is 253 g/mol. The normalized spacial score (nSPS) is 11.6. The molecule has 0 unspecified atom stereocenters. The lowest BCUT2D eigenvalue weighted by atomic mass is 9.92. The second kappa shape index (κ2) is 6.24. The molecule has 0 radical (unpaired) electrons. The minimum absolute atomic E-state index is 0.0682. The molecular formula is C13H23N3S. The van der Waals surface area contributed by atoms with Crippen molar-refractivity contribution in [2.24, 2.45) is 0 Å². The van der Waals surface area contributed by atoms with Gasteiger partial charge < -0.3 is 5.32 Å². The minimum Gasteiger partial charge on any atom is -0.373 e. The van der Waals surface area contributed by atoms with Crippen LogP contribution in [0.2, 0.25) is 0 Å². The molecule has 1 heterocycles. The molecule has 1 aromatic heterocycles. The van der Waals surface area contributed by atoms with Gasteiger partial charge in [0.1, 0.15) is 11.6 Å². The van der Waals surface area contributed by atoms with Crippen LogP contribution in [0.5, 0.6) is 0 Å². The van der Waals surface area contributed by atoms with E-state index >= 15 is 0 Å². The van der Waals surface area contributed by atoms with Gasteiger partial charge in [-0.05, 0) is 12.2 Å². The number of nitrogens with zero attached hydrogens (tertiary/aromatic N) is 2. The van der Waals surface area contributed by atoms with Crippen molar-refractivity contribution >= 4 is 17.6 Å². The van der Waals surface area contributed by atoms with Crippen LogP contribution in [0, 0.1) is 0 Å². The van der Waals surface area contributed by atoms with Gasteiger partial charge in [0.15, 0.2) is 0 Å². The number of anilines is 1. The first-order valence-electron chi connectivity index (χ1n) is 6.11. The Labute approximate surface area is 109 Å². The summed E-state index contributed by atoms with van der Waals surface area (Å²) in [5.41, 5.74) is 1.17. The van der Waals surface area contributed by atoms with Crippen LogP contribution in [0.25, 0.3) is 0 Å². The van der Waals surface area contributed by atoms with Gasteiger partial charge >= 0.3 is 0 Å². The third kappa shape index (κ3) is 4.54. The molecule has 0 amide bonds. The van der Waals surface area contributed by atoms with E-state index in [4.69, 9.17) is 0 Å². The molecule has 0 aliphatic heterocycles. The molecule has 0 spiro atoms. The molecule has 0 bridgehead atoms. The summed E-state index contributed by atoms with van der Waals surface area (Å²) in [5.74, 6) is 3.90. The first kappa shape index (κ1) is 14.3. The lowest BCUT2D eigenvalue weighted by Crippen LogP contribution is -2.16. The van der Waals surface area contributed by atoms with E-state index in [9.17, 15) is 0 Å². The fourth-order valence-electron chi connectivity index (χ4n) is 1.38. The highest BCUT2D eigenvalue weighted by atomic mass is 32.2. The van der Waals surface area contributed by atoms with Gasteiger partial charge in [0.2, 0.25) is 0 Å². The van der Waals surface area contributed by atoms with E-state index in [0.29, 0.717) is 0 Å². The quantitative estimate of drug-likeness (QED) is 0.816. The Kier molecular flexibility index (Phi) is 5.25. The number of rotatable bonds is 5. The Morgan fingerprint density at radius 3 is 2.53 bits per heavy atom. The van der Waals surface area contributed by atoms with Crippen LogP contribution in [0.15, 0.2) is 6.07 Å². The summed E-state index contributed by atoms with van der Waals surface area (Å²) in [6.07, 6.45) is 1.20. The number of hydrogen-bond donors (Lipinski definition) is 1. The van der Waals surface area contributed by atoms with Crippen LogP contribution in [0.4, 0.5) is 5.82 Å². The van der Waals surface area contributed by atoms with E-state index in [2.05, 4.69) is 43.0 Å². The highest BCUT2D eigenvalue weighted by Gasteiger charge is 2.17. The van der Waals surface area contributed by atoms with Crippen molar-refractivity contribution in [2.45, 2.75) is 45.3 Å². The van der Waals surface area contributed by atoms with Crippen LogP contribution in [0.3, 0.4) is 0 Å². The molecule has 0 atom stereocenters. The third-order valence-corrected chi connectivity index (χ3v) is 3.54. The summed E-state index contributed by atoms with van der Waals surface area (Å²) in [5, 5.41) is 3.11. The molecule has 96 valence electrons. The van der Waals surface area contributed by atoms with E-state index in [1.165, 1.54) is 6.42 Å². The number of hydrogen-bond acceptors (Lipinski definition) is 4. The predicted molar refractivity (Wildman–Crippen MR) is 76.7 cm³/mol. The maximum absolute atomic E-state index is 4.65. The third-order valence-electron chi connectivity index (χ3n) is 2.38. The van der Waals surface area contributed by atoms with Crippen LogP contribution < -0.4 is 5.32 Å². The second-order valence-electron chi connectivity index (χ2n) is 5.11. The molecule has 1 N–H and O–H groups in total. The maximum atomic E-state index is 4.65. The van der Waals surface area contributed by atoms with Crippen LogP contribution in [-0.4, -0.2) is 22.8 Å². The van der Waals surface area contributed by atoms with Gasteiger partial charge in [0.25, 0.3) is 0 Å². The zero-order valence-electron chi connectivity index (χ0n) is 11.5. The number of nitrogens with one attached hydrogen (secondary N) is 1. The van der Waals surface area contributed by atoms with Gasteiger partial charge in [0, 0.05) is 18.5 Å².